The van der Waals surface area contributed by atoms with Crippen molar-refractivity contribution in [2.75, 3.05) is 13.2 Å². The number of rotatable bonds is 8. The second-order valence-corrected chi connectivity index (χ2v) is 4.20. The molecule has 0 aliphatic carbocycles. The van der Waals surface area contributed by atoms with E-state index >= 15 is 0 Å². The first-order valence-corrected chi connectivity index (χ1v) is 6.47. The summed E-state index contributed by atoms with van der Waals surface area (Å²) < 4.78 is 11.1. The zero-order valence-corrected chi connectivity index (χ0v) is 11.2. The van der Waals surface area contributed by atoms with E-state index in [9.17, 15) is 5.11 Å². The molecule has 18 heavy (non-hydrogen) atoms. The van der Waals surface area contributed by atoms with Crippen LogP contribution >= 0.6 is 0 Å². The maximum absolute atomic E-state index is 9.51. The molecule has 1 unspecified atom stereocenters. The summed E-state index contributed by atoms with van der Waals surface area (Å²) in [6.45, 7) is 5.34. The van der Waals surface area contributed by atoms with Crippen molar-refractivity contribution in [3.63, 3.8) is 0 Å². The fraction of sp³-hybridized carbons (Fsp3) is 0.571. The Morgan fingerprint density at radius 1 is 1.28 bits per heavy atom. The normalized spacial score (nSPS) is 12.2. The molecule has 0 saturated carbocycles. The molecular weight excluding hydrogens is 230 g/mol. The van der Waals surface area contributed by atoms with Gasteiger partial charge in [0.15, 0.2) is 0 Å². The van der Waals surface area contributed by atoms with Gasteiger partial charge in [0.05, 0.1) is 12.7 Å². The number of nitrogens with two attached hydrogens (primary N) is 1. The highest BCUT2D eigenvalue weighted by Crippen LogP contribution is 2.25. The van der Waals surface area contributed by atoms with Gasteiger partial charge in [0.25, 0.3) is 0 Å². The molecule has 0 fully saturated rings. The van der Waals surface area contributed by atoms with Crippen LogP contribution < -0.4 is 15.2 Å². The van der Waals surface area contributed by atoms with Crippen LogP contribution in [0.5, 0.6) is 11.5 Å². The van der Waals surface area contributed by atoms with Crippen LogP contribution in [-0.2, 0) is 6.54 Å². The molecule has 3 N–H and O–H groups in total. The quantitative estimate of drug-likeness (QED) is 0.744. The van der Waals surface area contributed by atoms with Crippen LogP contribution in [0, 0.1) is 0 Å². The van der Waals surface area contributed by atoms with Gasteiger partial charge in [-0.2, -0.15) is 0 Å². The van der Waals surface area contributed by atoms with Crippen LogP contribution in [0.15, 0.2) is 18.2 Å². The summed E-state index contributed by atoms with van der Waals surface area (Å²) in [4.78, 5) is 0. The number of aliphatic hydroxyl groups excluding tert-OH is 1. The topological polar surface area (TPSA) is 64.7 Å². The number of ether oxygens (including phenoxy) is 2. The molecule has 0 saturated heterocycles. The lowest BCUT2D eigenvalue weighted by molar-refractivity contribution is 0.103. The number of hydrogen-bond donors (Lipinski definition) is 2. The Morgan fingerprint density at radius 3 is 2.67 bits per heavy atom. The van der Waals surface area contributed by atoms with Gasteiger partial charge in [-0.25, -0.2) is 0 Å². The number of benzene rings is 1. The van der Waals surface area contributed by atoms with Crippen molar-refractivity contribution in [3.8, 4) is 11.5 Å². The number of hydrogen-bond acceptors (Lipinski definition) is 4. The molecule has 0 bridgehead atoms. The van der Waals surface area contributed by atoms with E-state index in [0.717, 1.165) is 17.7 Å². The van der Waals surface area contributed by atoms with Crippen LogP contribution in [0.4, 0.5) is 0 Å². The third-order valence-corrected chi connectivity index (χ3v) is 2.63. The lowest BCUT2D eigenvalue weighted by Gasteiger charge is -2.14. The lowest BCUT2D eigenvalue weighted by atomic mass is 10.2. The summed E-state index contributed by atoms with van der Waals surface area (Å²) in [5.74, 6) is 1.47. The van der Waals surface area contributed by atoms with E-state index < -0.39 is 6.10 Å². The standard InChI is InChI=1S/C14H23NO3/c1-3-7-17-13-6-5-11(9-15)14(8-13)18-10-12(16)4-2/h5-6,8,12,16H,3-4,7,9-10,15H2,1-2H3. The monoisotopic (exact) mass is 253 g/mol. The smallest absolute Gasteiger partial charge is 0.127 e. The molecule has 0 aliphatic rings. The molecule has 0 aromatic heterocycles. The van der Waals surface area contributed by atoms with Crippen LogP contribution in [-0.4, -0.2) is 24.4 Å². The molecule has 0 heterocycles. The van der Waals surface area contributed by atoms with Crippen LogP contribution in [0.2, 0.25) is 0 Å². The van der Waals surface area contributed by atoms with Crippen molar-refractivity contribution in [3.05, 3.63) is 23.8 Å². The minimum atomic E-state index is -0.448. The summed E-state index contributed by atoms with van der Waals surface area (Å²) in [6.07, 6.45) is 1.18. The summed E-state index contributed by atoms with van der Waals surface area (Å²) in [5.41, 5.74) is 6.58. The summed E-state index contributed by atoms with van der Waals surface area (Å²) in [7, 11) is 0. The maximum atomic E-state index is 9.51. The predicted molar refractivity (Wildman–Crippen MR) is 71.9 cm³/mol. The predicted octanol–water partition coefficient (Wildman–Crippen LogP) is 2.08. The van der Waals surface area contributed by atoms with Crippen molar-refractivity contribution in [1.29, 1.82) is 0 Å². The summed E-state index contributed by atoms with van der Waals surface area (Å²) in [6, 6.07) is 5.62. The molecule has 4 heteroatoms. The molecule has 1 atom stereocenters. The van der Waals surface area contributed by atoms with Crippen LogP contribution in [0.3, 0.4) is 0 Å². The van der Waals surface area contributed by atoms with Gasteiger partial charge in [0.2, 0.25) is 0 Å². The molecule has 102 valence electrons. The fourth-order valence-electron chi connectivity index (χ4n) is 1.45. The third-order valence-electron chi connectivity index (χ3n) is 2.63. The second kappa shape index (κ2) is 7.95. The Balaban J connectivity index is 2.71. The van der Waals surface area contributed by atoms with Crippen molar-refractivity contribution in [2.45, 2.75) is 39.3 Å². The molecule has 0 spiro atoms. The first-order chi connectivity index (χ1) is 8.71. The Bertz CT molecular complexity index is 355. The second-order valence-electron chi connectivity index (χ2n) is 4.20. The van der Waals surface area contributed by atoms with Crippen molar-refractivity contribution in [2.24, 2.45) is 5.73 Å². The Morgan fingerprint density at radius 2 is 2.06 bits per heavy atom. The average molecular weight is 253 g/mol. The molecule has 4 nitrogen and oxygen atoms in total. The van der Waals surface area contributed by atoms with Crippen molar-refractivity contribution >= 4 is 0 Å². The highest BCUT2D eigenvalue weighted by atomic mass is 16.5. The molecule has 0 aliphatic heterocycles. The van der Waals surface area contributed by atoms with Crippen molar-refractivity contribution in [1.82, 2.24) is 0 Å². The third kappa shape index (κ3) is 4.55. The summed E-state index contributed by atoms with van der Waals surface area (Å²) in [5, 5.41) is 9.51. The zero-order chi connectivity index (χ0) is 13.4. The molecule has 0 amide bonds. The average Bonchev–Trinajstić information content (AvgIpc) is 2.42. The maximum Gasteiger partial charge on any atom is 0.127 e. The van der Waals surface area contributed by atoms with Gasteiger partial charge in [-0.1, -0.05) is 19.9 Å². The lowest BCUT2D eigenvalue weighted by Crippen LogP contribution is -2.17. The highest BCUT2D eigenvalue weighted by Gasteiger charge is 2.07. The molecule has 1 rings (SSSR count). The first kappa shape index (κ1) is 14.8. The van der Waals surface area contributed by atoms with E-state index in [0.29, 0.717) is 25.3 Å². The molecule has 1 aromatic carbocycles. The summed E-state index contributed by atoms with van der Waals surface area (Å²) >= 11 is 0. The van der Waals surface area contributed by atoms with Gasteiger partial charge in [0, 0.05) is 18.2 Å². The van der Waals surface area contributed by atoms with Crippen molar-refractivity contribution < 1.29 is 14.6 Å². The van der Waals surface area contributed by atoms with Gasteiger partial charge < -0.3 is 20.3 Å². The van der Waals surface area contributed by atoms with Gasteiger partial charge in [-0.05, 0) is 18.9 Å². The van der Waals surface area contributed by atoms with E-state index in [4.69, 9.17) is 15.2 Å². The largest absolute Gasteiger partial charge is 0.493 e. The number of aliphatic hydroxyl groups is 1. The molecule has 0 radical (unpaired) electrons. The first-order valence-electron chi connectivity index (χ1n) is 6.47. The van der Waals surface area contributed by atoms with Crippen LogP contribution in [0.1, 0.15) is 32.3 Å². The highest BCUT2D eigenvalue weighted by molar-refractivity contribution is 5.40. The molecular formula is C14H23NO3. The van der Waals surface area contributed by atoms with Gasteiger partial charge in [0.1, 0.15) is 18.1 Å². The van der Waals surface area contributed by atoms with E-state index in [1.807, 2.05) is 25.1 Å². The minimum Gasteiger partial charge on any atom is -0.493 e. The van der Waals surface area contributed by atoms with E-state index in [1.54, 1.807) is 0 Å². The fourth-order valence-corrected chi connectivity index (χ4v) is 1.45. The minimum absolute atomic E-state index is 0.279. The van der Waals surface area contributed by atoms with E-state index in [-0.39, 0.29) is 6.61 Å². The Hall–Kier alpha value is -1.26. The van der Waals surface area contributed by atoms with Gasteiger partial charge in [-0.15, -0.1) is 0 Å². The zero-order valence-electron chi connectivity index (χ0n) is 11.2. The van der Waals surface area contributed by atoms with E-state index in [1.165, 1.54) is 0 Å². The van der Waals surface area contributed by atoms with Gasteiger partial charge in [-0.3, -0.25) is 0 Å². The van der Waals surface area contributed by atoms with Gasteiger partial charge >= 0.3 is 0 Å². The van der Waals surface area contributed by atoms with E-state index in [2.05, 4.69) is 6.92 Å². The van der Waals surface area contributed by atoms with Crippen LogP contribution in [0.25, 0.3) is 0 Å². The SMILES string of the molecule is CCCOc1ccc(CN)c(OCC(O)CC)c1. The Labute approximate surface area is 109 Å². The molecule has 1 aromatic rings. The Kier molecular flexibility index (Phi) is 6.54.